The molecule has 1 unspecified atom stereocenters. The van der Waals surface area contributed by atoms with E-state index in [1.165, 1.54) is 6.92 Å². The Bertz CT molecular complexity index is 229. The van der Waals surface area contributed by atoms with Crippen molar-refractivity contribution in [2.75, 3.05) is 6.61 Å². The van der Waals surface area contributed by atoms with Gasteiger partial charge < -0.3 is 10.5 Å². The Morgan fingerprint density at radius 1 is 1.38 bits per heavy atom. The zero-order valence-electron chi connectivity index (χ0n) is 9.43. The summed E-state index contributed by atoms with van der Waals surface area (Å²) in [5, 5.41) is 0. The van der Waals surface area contributed by atoms with Gasteiger partial charge in [-0.25, -0.2) is 0 Å². The van der Waals surface area contributed by atoms with E-state index in [1.807, 2.05) is 0 Å². The number of nitrogens with two attached hydrogens (primary N) is 1. The van der Waals surface area contributed by atoms with Gasteiger partial charge in [0.1, 0.15) is 0 Å². The smallest absolute Gasteiger partial charge is 0.392 e. The van der Waals surface area contributed by atoms with E-state index in [2.05, 4.69) is 10.5 Å². The number of carbonyl (C=O) groups excluding carboxylic acids is 2. The molecule has 0 heterocycles. The van der Waals surface area contributed by atoms with Crippen LogP contribution in [0.5, 0.6) is 0 Å². The summed E-state index contributed by atoms with van der Waals surface area (Å²) < 4.78 is 39.2. The number of amides is 1. The van der Waals surface area contributed by atoms with Crippen LogP contribution in [0.25, 0.3) is 0 Å². The van der Waals surface area contributed by atoms with Crippen LogP contribution >= 0.6 is 0 Å². The van der Waals surface area contributed by atoms with Gasteiger partial charge in [-0.2, -0.15) is 13.2 Å². The molecule has 1 atom stereocenters. The number of halogens is 3. The number of alkyl halides is 3. The molecule has 0 aliphatic carbocycles. The maximum atomic E-state index is 11.6. The predicted octanol–water partition coefficient (Wildman–Crippen LogP) is 1.63. The van der Waals surface area contributed by atoms with Crippen LogP contribution in [0, 0.1) is 5.92 Å². The molecule has 0 rings (SSSR count). The van der Waals surface area contributed by atoms with E-state index < -0.39 is 24.4 Å². The average molecular weight is 243 g/mol. The van der Waals surface area contributed by atoms with E-state index >= 15 is 0 Å². The van der Waals surface area contributed by atoms with Crippen molar-refractivity contribution < 1.29 is 27.5 Å². The minimum atomic E-state index is -4.31. The molecule has 0 aromatic carbocycles. The molecule has 0 aromatic rings. The first-order chi connectivity index (χ1) is 7.11. The van der Waals surface area contributed by atoms with Gasteiger partial charge in [0, 0.05) is 13.3 Å². The summed E-state index contributed by atoms with van der Waals surface area (Å²) in [5.74, 6) is -2.77. The quantitative estimate of drug-likeness (QED) is 0.766. The van der Waals surface area contributed by atoms with Crippen LogP contribution in [0.2, 0.25) is 0 Å². The van der Waals surface area contributed by atoms with Crippen molar-refractivity contribution in [3.63, 3.8) is 0 Å². The molecule has 2 N–H and O–H groups in total. The predicted molar refractivity (Wildman–Crippen MR) is 51.3 cm³/mol. The average Bonchev–Trinajstić information content (AvgIpc) is 2.01. The zero-order chi connectivity index (χ0) is 13.4. The Hall–Kier alpha value is -1.27. The van der Waals surface area contributed by atoms with E-state index in [1.54, 1.807) is 6.92 Å². The van der Waals surface area contributed by atoms with Gasteiger partial charge in [0.25, 0.3) is 0 Å². The number of primary amides is 1. The Balaban J connectivity index is 0. The van der Waals surface area contributed by atoms with Crippen molar-refractivity contribution in [2.45, 2.75) is 33.4 Å². The van der Waals surface area contributed by atoms with Crippen LogP contribution in [0.3, 0.4) is 0 Å². The van der Waals surface area contributed by atoms with Gasteiger partial charge in [-0.3, -0.25) is 9.59 Å². The number of ether oxygens (including phenoxy) is 1. The molecule has 0 aliphatic rings. The third kappa shape index (κ3) is 12.7. The van der Waals surface area contributed by atoms with Gasteiger partial charge in [-0.1, -0.05) is 6.92 Å². The standard InChI is InChI=1S/C5H8F3NO.C4H8O2/c1-3(2-4(9)10)5(6,7)8;1-3-6-4(2)5/h3H,2H2,1H3,(H2,9,10);3H2,1-2H3. The van der Waals surface area contributed by atoms with Gasteiger partial charge in [-0.15, -0.1) is 0 Å². The van der Waals surface area contributed by atoms with Crippen LogP contribution in [0.1, 0.15) is 27.2 Å². The van der Waals surface area contributed by atoms with Crippen LogP contribution in [-0.4, -0.2) is 24.7 Å². The lowest BCUT2D eigenvalue weighted by Gasteiger charge is -2.12. The minimum Gasteiger partial charge on any atom is -0.466 e. The highest BCUT2D eigenvalue weighted by Crippen LogP contribution is 2.27. The van der Waals surface area contributed by atoms with Crippen molar-refractivity contribution >= 4 is 11.9 Å². The van der Waals surface area contributed by atoms with Crippen LogP contribution in [-0.2, 0) is 14.3 Å². The highest BCUT2D eigenvalue weighted by molar-refractivity contribution is 5.74. The molecule has 1 amide bonds. The van der Waals surface area contributed by atoms with E-state index in [9.17, 15) is 22.8 Å². The second-order valence-corrected chi connectivity index (χ2v) is 3.04. The van der Waals surface area contributed by atoms with Crippen molar-refractivity contribution in [1.82, 2.24) is 0 Å². The Labute approximate surface area is 91.9 Å². The van der Waals surface area contributed by atoms with E-state index in [0.29, 0.717) is 6.61 Å². The molecule has 0 saturated heterocycles. The molecule has 16 heavy (non-hydrogen) atoms. The zero-order valence-corrected chi connectivity index (χ0v) is 9.43. The Morgan fingerprint density at radius 2 is 1.81 bits per heavy atom. The van der Waals surface area contributed by atoms with Gasteiger partial charge in [0.05, 0.1) is 12.5 Å². The summed E-state index contributed by atoms with van der Waals surface area (Å²) in [6.07, 6.45) is -4.95. The molecule has 0 aliphatic heterocycles. The monoisotopic (exact) mass is 243 g/mol. The van der Waals surface area contributed by atoms with Gasteiger partial charge in [0.15, 0.2) is 0 Å². The van der Waals surface area contributed by atoms with Crippen LogP contribution in [0.4, 0.5) is 13.2 Å². The molecule has 0 radical (unpaired) electrons. The highest BCUT2D eigenvalue weighted by Gasteiger charge is 2.36. The first-order valence-electron chi connectivity index (χ1n) is 4.59. The summed E-state index contributed by atoms with van der Waals surface area (Å²) in [6, 6.07) is 0. The van der Waals surface area contributed by atoms with Crippen LogP contribution in [0.15, 0.2) is 0 Å². The molecule has 0 aromatic heterocycles. The van der Waals surface area contributed by atoms with Crippen molar-refractivity contribution in [3.05, 3.63) is 0 Å². The molecule has 0 fully saturated rings. The third-order valence-corrected chi connectivity index (χ3v) is 1.41. The first kappa shape index (κ1) is 17.1. The van der Waals surface area contributed by atoms with Gasteiger partial charge in [0.2, 0.25) is 5.91 Å². The molecular weight excluding hydrogens is 227 g/mol. The number of rotatable bonds is 3. The summed E-state index contributed by atoms with van der Waals surface area (Å²) in [7, 11) is 0. The number of hydrogen-bond donors (Lipinski definition) is 1. The lowest BCUT2D eigenvalue weighted by molar-refractivity contribution is -0.173. The lowest BCUT2D eigenvalue weighted by Crippen LogP contribution is -2.25. The van der Waals surface area contributed by atoms with Crippen molar-refractivity contribution in [3.8, 4) is 0 Å². The fourth-order valence-electron chi connectivity index (χ4n) is 0.621. The third-order valence-electron chi connectivity index (χ3n) is 1.41. The molecule has 4 nitrogen and oxygen atoms in total. The largest absolute Gasteiger partial charge is 0.466 e. The van der Waals surface area contributed by atoms with Crippen molar-refractivity contribution in [2.24, 2.45) is 11.7 Å². The maximum absolute atomic E-state index is 11.6. The van der Waals surface area contributed by atoms with E-state index in [4.69, 9.17) is 0 Å². The molecule has 0 saturated carbocycles. The second kappa shape index (κ2) is 7.95. The number of esters is 1. The fourth-order valence-corrected chi connectivity index (χ4v) is 0.621. The number of carbonyl (C=O) groups is 2. The second-order valence-electron chi connectivity index (χ2n) is 3.04. The van der Waals surface area contributed by atoms with E-state index in [-0.39, 0.29) is 5.97 Å². The molecule has 96 valence electrons. The SMILES string of the molecule is CC(CC(N)=O)C(F)(F)F.CCOC(C)=O. The van der Waals surface area contributed by atoms with Crippen LogP contribution < -0.4 is 5.73 Å². The molecule has 0 spiro atoms. The van der Waals surface area contributed by atoms with Gasteiger partial charge in [-0.05, 0) is 6.92 Å². The highest BCUT2D eigenvalue weighted by atomic mass is 19.4. The molecule has 7 heteroatoms. The summed E-state index contributed by atoms with van der Waals surface area (Å²) in [6.45, 7) is 4.57. The first-order valence-corrected chi connectivity index (χ1v) is 4.59. The normalized spacial score (nSPS) is 12.1. The molecule has 0 bridgehead atoms. The van der Waals surface area contributed by atoms with E-state index in [0.717, 1.165) is 6.92 Å². The lowest BCUT2D eigenvalue weighted by atomic mass is 10.1. The minimum absolute atomic E-state index is 0.211. The van der Waals surface area contributed by atoms with Gasteiger partial charge >= 0.3 is 12.1 Å². The topological polar surface area (TPSA) is 69.4 Å². The van der Waals surface area contributed by atoms with Crippen molar-refractivity contribution in [1.29, 1.82) is 0 Å². The Morgan fingerprint density at radius 3 is 1.88 bits per heavy atom. The summed E-state index contributed by atoms with van der Waals surface area (Å²) in [4.78, 5) is 19.8. The maximum Gasteiger partial charge on any atom is 0.392 e. The summed E-state index contributed by atoms with van der Waals surface area (Å²) >= 11 is 0. The summed E-state index contributed by atoms with van der Waals surface area (Å²) in [5.41, 5.74) is 4.55. The fraction of sp³-hybridized carbons (Fsp3) is 0.778. The Kier molecular flexibility index (Phi) is 8.51. The molecular formula is C9H16F3NO3. The number of hydrogen-bond acceptors (Lipinski definition) is 3.